The number of carboxylic acids is 1. The van der Waals surface area contributed by atoms with Gasteiger partial charge in [0.1, 0.15) is 24.4 Å². The Labute approximate surface area is 295 Å². The molecule has 2 saturated heterocycles. The summed E-state index contributed by atoms with van der Waals surface area (Å²) in [5.74, 6) is -8.45. The Hall–Kier alpha value is -4.56. The third-order valence-electron chi connectivity index (χ3n) is 7.87. The molecular weight excluding hydrogens is 704 g/mol. The summed E-state index contributed by atoms with van der Waals surface area (Å²) in [4.78, 5) is 98.5. The van der Waals surface area contributed by atoms with Gasteiger partial charge in [-0.1, -0.05) is 0 Å². The van der Waals surface area contributed by atoms with Crippen LogP contribution in [0.25, 0.3) is 0 Å². The minimum Gasteiger partial charge on any atom is -0.479 e. The molecule has 0 spiro atoms. The number of amides is 7. The molecule has 0 aromatic rings. The van der Waals surface area contributed by atoms with E-state index in [0.717, 1.165) is 34.6 Å². The fourth-order valence-electron chi connectivity index (χ4n) is 5.79. The summed E-state index contributed by atoms with van der Waals surface area (Å²) in [6, 6.07) is -9.56. The number of carbonyl (C=O) groups excluding carboxylic acids is 7. The average Bonchev–Trinajstić information content (AvgIpc) is 3.01. The molecule has 2 heterocycles. The van der Waals surface area contributed by atoms with Crippen molar-refractivity contribution in [1.29, 1.82) is 0 Å². The van der Waals surface area contributed by atoms with Gasteiger partial charge in [-0.3, -0.25) is 33.6 Å². The molecule has 0 aromatic heterocycles. The molecule has 2 fully saturated rings. The number of hydrogen-bond acceptors (Lipinski definition) is 16. The first-order valence-corrected chi connectivity index (χ1v) is 15.6. The van der Waals surface area contributed by atoms with Crippen LogP contribution in [0.1, 0.15) is 34.6 Å². The number of rotatable bonds is 16. The Bertz CT molecular complexity index is 1370. The van der Waals surface area contributed by atoms with E-state index < -0.39 is 139 Å². The Kier molecular flexibility index (Phi) is 15.8. The summed E-state index contributed by atoms with van der Waals surface area (Å²) in [5, 5.41) is 53.0. The zero-order valence-corrected chi connectivity index (χ0v) is 28.7. The van der Waals surface area contributed by atoms with Gasteiger partial charge >= 0.3 is 5.97 Å². The van der Waals surface area contributed by atoms with Gasteiger partial charge in [-0.05, 0) is 0 Å². The zero-order chi connectivity index (χ0) is 39.8. The number of nitrogens with two attached hydrogens (primary N) is 3. The van der Waals surface area contributed by atoms with Gasteiger partial charge in [0, 0.05) is 34.6 Å². The predicted molar refractivity (Wildman–Crippen MR) is 168 cm³/mol. The maximum absolute atomic E-state index is 13.0. The van der Waals surface area contributed by atoms with Gasteiger partial charge in [0.25, 0.3) is 0 Å². The number of aliphatic hydroxyl groups excluding tert-OH is 3. The van der Waals surface area contributed by atoms with Gasteiger partial charge in [-0.2, -0.15) is 0 Å². The Morgan fingerprint density at radius 3 is 1.65 bits per heavy atom. The van der Waals surface area contributed by atoms with Crippen LogP contribution in [0.15, 0.2) is 0 Å². The Balaban J connectivity index is 2.77. The zero-order valence-electron chi connectivity index (χ0n) is 28.7. The molecule has 0 saturated carbocycles. The standard InChI is InChI=1S/C28H46N8O16/c1-7(38)32-12(6-37)14(33-8(2)39)20(19(44)26(47)48)49-28-17(36-11(5)42)16(35-10(4)41)21(23(52-28)25(31)46)50-27-15(34-9(3)40)13(29)18(43)22(51-27)24(30)45/h12-23,27-28,37,43-44H,6,29H2,1-5H3,(H2,30,45)(H2,31,46)(H,32,38)(H,33,39)(H,34,40)(H,35,41)(H,36,42)(H,47,48)/t12-,13+,14+,15+,16+,17-,18-,19-,20-,21-,22-,23-,27+,28+/m0/s1. The van der Waals surface area contributed by atoms with Crippen LogP contribution in [0.2, 0.25) is 0 Å². The highest BCUT2D eigenvalue weighted by Crippen LogP contribution is 2.31. The van der Waals surface area contributed by atoms with Crippen molar-refractivity contribution in [2.75, 3.05) is 6.61 Å². The summed E-state index contributed by atoms with van der Waals surface area (Å²) in [6.07, 6.45) is -16.1. The predicted octanol–water partition coefficient (Wildman–Crippen LogP) is -8.17. The highest BCUT2D eigenvalue weighted by molar-refractivity contribution is 5.81. The molecule has 0 unspecified atom stereocenters. The molecule has 2 aliphatic rings. The first-order chi connectivity index (χ1) is 24.1. The average molecular weight is 751 g/mol. The second-order valence-electron chi connectivity index (χ2n) is 12.1. The number of carbonyl (C=O) groups is 8. The summed E-state index contributed by atoms with van der Waals surface area (Å²) in [6.45, 7) is 4.19. The van der Waals surface area contributed by atoms with E-state index in [1.54, 1.807) is 0 Å². The van der Waals surface area contributed by atoms with Crippen LogP contribution < -0.4 is 43.8 Å². The van der Waals surface area contributed by atoms with Crippen LogP contribution >= 0.6 is 0 Å². The number of carboxylic acid groups (broad SMARTS) is 1. The van der Waals surface area contributed by atoms with Crippen LogP contribution in [0.3, 0.4) is 0 Å². The first-order valence-electron chi connectivity index (χ1n) is 15.6. The lowest BCUT2D eigenvalue weighted by atomic mass is 9.91. The van der Waals surface area contributed by atoms with E-state index in [0.29, 0.717) is 0 Å². The molecule has 15 N–H and O–H groups in total. The fourth-order valence-corrected chi connectivity index (χ4v) is 5.79. The van der Waals surface area contributed by atoms with E-state index in [1.807, 2.05) is 0 Å². The first kappa shape index (κ1) is 43.6. The van der Waals surface area contributed by atoms with Crippen molar-refractivity contribution in [2.24, 2.45) is 17.2 Å². The Morgan fingerprint density at radius 2 is 1.21 bits per heavy atom. The molecule has 2 aliphatic heterocycles. The molecule has 294 valence electrons. The normalized spacial score (nSPS) is 31.0. The van der Waals surface area contributed by atoms with Gasteiger partial charge in [-0.15, -0.1) is 0 Å². The molecule has 0 aromatic carbocycles. The fraction of sp³-hybridized carbons (Fsp3) is 0.714. The minimum atomic E-state index is -2.56. The van der Waals surface area contributed by atoms with Gasteiger partial charge in [0.05, 0.1) is 36.8 Å². The smallest absolute Gasteiger partial charge is 0.335 e. The molecule has 0 aliphatic carbocycles. The lowest BCUT2D eigenvalue weighted by molar-refractivity contribution is -0.306. The van der Waals surface area contributed by atoms with Gasteiger partial charge in [0.2, 0.25) is 41.4 Å². The van der Waals surface area contributed by atoms with Crippen LogP contribution in [-0.2, 0) is 57.3 Å². The third kappa shape index (κ3) is 11.2. The molecule has 2 rings (SSSR count). The van der Waals surface area contributed by atoms with Gasteiger partial charge in [-0.25, -0.2) is 4.79 Å². The maximum Gasteiger partial charge on any atom is 0.335 e. The van der Waals surface area contributed by atoms with E-state index in [2.05, 4.69) is 26.6 Å². The van der Waals surface area contributed by atoms with Crippen molar-refractivity contribution < 1.29 is 77.7 Å². The van der Waals surface area contributed by atoms with E-state index in [1.165, 1.54) is 0 Å². The second kappa shape index (κ2) is 18.8. The SMILES string of the molecule is CC(=O)N[C@@H]1[C@H](O[C@@H]([C@H](NC(C)=O)[C@H](CO)NC(C)=O)[C@H](O)C(=O)O)O[C@H](C(N)=O)[C@@H](O[C@@H]2O[C@H](C(N)=O)[C@@H](O)[C@H](N)[C@H]2NC(C)=O)[C@@H]1NC(C)=O. The summed E-state index contributed by atoms with van der Waals surface area (Å²) in [7, 11) is 0. The molecular formula is C28H46N8O16. The topological polar surface area (TPSA) is 393 Å². The lowest BCUT2D eigenvalue weighted by Crippen LogP contribution is -2.74. The largest absolute Gasteiger partial charge is 0.479 e. The monoisotopic (exact) mass is 750 g/mol. The minimum absolute atomic E-state index is 0.714. The molecule has 14 atom stereocenters. The summed E-state index contributed by atoms with van der Waals surface area (Å²) in [5.41, 5.74) is 17.1. The molecule has 0 bridgehead atoms. The number of hydrogen-bond donors (Lipinski definition) is 12. The molecule has 0 radical (unpaired) electrons. The molecule has 52 heavy (non-hydrogen) atoms. The number of aliphatic carboxylic acids is 1. The van der Waals surface area contributed by atoms with Crippen LogP contribution in [0.4, 0.5) is 0 Å². The van der Waals surface area contributed by atoms with Gasteiger partial charge in [0.15, 0.2) is 30.9 Å². The highest BCUT2D eigenvalue weighted by Gasteiger charge is 2.55. The maximum atomic E-state index is 13.0. The van der Waals surface area contributed by atoms with E-state index in [-0.39, 0.29) is 0 Å². The van der Waals surface area contributed by atoms with Crippen molar-refractivity contribution in [3.63, 3.8) is 0 Å². The second-order valence-corrected chi connectivity index (χ2v) is 12.1. The van der Waals surface area contributed by atoms with Crippen molar-refractivity contribution in [3.05, 3.63) is 0 Å². The van der Waals surface area contributed by atoms with Crippen LogP contribution in [0, 0.1) is 0 Å². The Morgan fingerprint density at radius 1 is 0.731 bits per heavy atom. The number of aliphatic hydroxyl groups is 3. The third-order valence-corrected chi connectivity index (χ3v) is 7.87. The van der Waals surface area contributed by atoms with E-state index >= 15 is 0 Å². The van der Waals surface area contributed by atoms with E-state index in [9.17, 15) is 58.8 Å². The molecule has 24 nitrogen and oxygen atoms in total. The quantitative estimate of drug-likeness (QED) is 0.0697. The van der Waals surface area contributed by atoms with Gasteiger partial charge < -0.3 is 83.2 Å². The van der Waals surface area contributed by atoms with E-state index in [4.69, 9.17) is 36.1 Å². The molecule has 7 amide bonds. The highest BCUT2D eigenvalue weighted by atomic mass is 16.7. The lowest BCUT2D eigenvalue weighted by Gasteiger charge is -2.50. The van der Waals surface area contributed by atoms with Crippen molar-refractivity contribution >= 4 is 47.3 Å². The van der Waals surface area contributed by atoms with Crippen molar-refractivity contribution in [1.82, 2.24) is 26.6 Å². The summed E-state index contributed by atoms with van der Waals surface area (Å²) >= 11 is 0. The number of nitrogens with one attached hydrogen (secondary N) is 5. The number of ether oxygens (including phenoxy) is 4. The van der Waals surface area contributed by atoms with Crippen molar-refractivity contribution in [2.45, 2.75) is 120 Å². The van der Waals surface area contributed by atoms with Crippen LogP contribution in [0.5, 0.6) is 0 Å². The number of primary amides is 2. The molecule has 24 heteroatoms. The van der Waals surface area contributed by atoms with Crippen molar-refractivity contribution in [3.8, 4) is 0 Å². The van der Waals surface area contributed by atoms with Crippen LogP contribution in [-0.4, -0.2) is 160 Å². The summed E-state index contributed by atoms with van der Waals surface area (Å²) < 4.78 is 23.3.